The largest absolute Gasteiger partial charge is 0.465 e. The van der Waals surface area contributed by atoms with Crippen molar-refractivity contribution in [2.24, 2.45) is 5.92 Å². The topological polar surface area (TPSA) is 59.1 Å². The summed E-state index contributed by atoms with van der Waals surface area (Å²) in [6, 6.07) is 7.50. The number of ether oxygens (including phenoxy) is 2. The molecule has 2 fully saturated rings. The molecule has 136 valence electrons. The first-order valence-corrected chi connectivity index (χ1v) is 8.93. The number of amides is 1. The Hall–Kier alpha value is -1.92. The van der Waals surface area contributed by atoms with Gasteiger partial charge in [-0.15, -0.1) is 0 Å². The summed E-state index contributed by atoms with van der Waals surface area (Å²) in [4.78, 5) is 28.5. The number of esters is 1. The van der Waals surface area contributed by atoms with Gasteiger partial charge in [-0.25, -0.2) is 4.79 Å². The first-order chi connectivity index (χ1) is 12.2. The summed E-state index contributed by atoms with van der Waals surface area (Å²) in [6.07, 6.45) is 2.01. The Morgan fingerprint density at radius 1 is 1.16 bits per heavy atom. The average Bonchev–Trinajstić information content (AvgIpc) is 2.68. The molecule has 1 amide bonds. The SMILES string of the molecule is COC(=O)c1ccc(CN2CCCC(C(=O)N3CCOCC3)C2)cc1. The molecule has 0 bridgehead atoms. The Morgan fingerprint density at radius 2 is 1.88 bits per heavy atom. The van der Waals surface area contributed by atoms with E-state index in [1.54, 1.807) is 12.1 Å². The minimum atomic E-state index is -0.319. The van der Waals surface area contributed by atoms with Crippen LogP contribution in [-0.2, 0) is 20.8 Å². The zero-order valence-electron chi connectivity index (χ0n) is 14.8. The van der Waals surface area contributed by atoms with Crippen LogP contribution in [0.3, 0.4) is 0 Å². The van der Waals surface area contributed by atoms with Crippen LogP contribution in [0, 0.1) is 5.92 Å². The fourth-order valence-electron chi connectivity index (χ4n) is 3.56. The Bertz CT molecular complexity index is 596. The van der Waals surface area contributed by atoms with Gasteiger partial charge in [0.25, 0.3) is 0 Å². The van der Waals surface area contributed by atoms with Gasteiger partial charge in [0, 0.05) is 26.2 Å². The molecule has 2 saturated heterocycles. The van der Waals surface area contributed by atoms with Crippen molar-refractivity contribution in [2.75, 3.05) is 46.5 Å². The molecule has 0 spiro atoms. The summed E-state index contributed by atoms with van der Waals surface area (Å²) in [5.74, 6) is 0.0379. The highest BCUT2D eigenvalue weighted by molar-refractivity contribution is 5.89. The van der Waals surface area contributed by atoms with E-state index in [2.05, 4.69) is 4.90 Å². The van der Waals surface area contributed by atoms with Crippen LogP contribution in [0.1, 0.15) is 28.8 Å². The normalized spacial score (nSPS) is 21.8. The number of hydrogen-bond acceptors (Lipinski definition) is 5. The van der Waals surface area contributed by atoms with E-state index in [0.717, 1.165) is 38.0 Å². The first-order valence-electron chi connectivity index (χ1n) is 8.93. The van der Waals surface area contributed by atoms with Crippen molar-refractivity contribution >= 4 is 11.9 Å². The third-order valence-electron chi connectivity index (χ3n) is 4.96. The molecule has 1 aromatic carbocycles. The smallest absolute Gasteiger partial charge is 0.337 e. The summed E-state index contributed by atoms with van der Waals surface area (Å²) in [5.41, 5.74) is 1.71. The number of carbonyl (C=O) groups excluding carboxylic acids is 2. The van der Waals surface area contributed by atoms with Crippen molar-refractivity contribution in [3.63, 3.8) is 0 Å². The lowest BCUT2D eigenvalue weighted by Crippen LogP contribution is -2.48. The van der Waals surface area contributed by atoms with Crippen LogP contribution < -0.4 is 0 Å². The molecule has 1 unspecified atom stereocenters. The van der Waals surface area contributed by atoms with Gasteiger partial charge in [0.2, 0.25) is 5.91 Å². The molecule has 2 aliphatic rings. The molecule has 0 saturated carbocycles. The molecule has 25 heavy (non-hydrogen) atoms. The third-order valence-corrected chi connectivity index (χ3v) is 4.96. The van der Waals surface area contributed by atoms with Crippen LogP contribution in [0.25, 0.3) is 0 Å². The van der Waals surface area contributed by atoms with Crippen LogP contribution in [0.15, 0.2) is 24.3 Å². The second-order valence-electron chi connectivity index (χ2n) is 6.70. The summed E-state index contributed by atoms with van der Waals surface area (Å²) in [7, 11) is 1.38. The second kappa shape index (κ2) is 8.45. The molecule has 6 heteroatoms. The van der Waals surface area contributed by atoms with E-state index in [9.17, 15) is 9.59 Å². The van der Waals surface area contributed by atoms with Crippen molar-refractivity contribution < 1.29 is 19.1 Å². The minimum Gasteiger partial charge on any atom is -0.465 e. The number of hydrogen-bond donors (Lipinski definition) is 0. The number of piperidine rings is 1. The van der Waals surface area contributed by atoms with Crippen molar-refractivity contribution in [1.29, 1.82) is 0 Å². The van der Waals surface area contributed by atoms with E-state index >= 15 is 0 Å². The molecule has 2 heterocycles. The molecule has 0 N–H and O–H groups in total. The molecular weight excluding hydrogens is 320 g/mol. The maximum absolute atomic E-state index is 12.7. The van der Waals surface area contributed by atoms with Crippen LogP contribution in [0.2, 0.25) is 0 Å². The van der Waals surface area contributed by atoms with Gasteiger partial charge in [-0.2, -0.15) is 0 Å². The lowest BCUT2D eigenvalue weighted by Gasteiger charge is -2.36. The van der Waals surface area contributed by atoms with E-state index in [1.165, 1.54) is 7.11 Å². The molecule has 1 atom stereocenters. The molecule has 1 aromatic rings. The fraction of sp³-hybridized carbons (Fsp3) is 0.579. The van der Waals surface area contributed by atoms with Gasteiger partial charge in [0.05, 0.1) is 31.8 Å². The van der Waals surface area contributed by atoms with E-state index in [4.69, 9.17) is 9.47 Å². The number of rotatable bonds is 4. The van der Waals surface area contributed by atoms with Crippen molar-refractivity contribution in [3.8, 4) is 0 Å². The van der Waals surface area contributed by atoms with Gasteiger partial charge in [-0.05, 0) is 37.1 Å². The molecule has 2 aliphatic heterocycles. The standard InChI is InChI=1S/C19H26N2O4/c1-24-19(23)16-6-4-15(5-7-16)13-20-8-2-3-17(14-20)18(22)21-9-11-25-12-10-21/h4-7,17H,2-3,8-14H2,1H3. The monoisotopic (exact) mass is 346 g/mol. The highest BCUT2D eigenvalue weighted by atomic mass is 16.5. The fourth-order valence-corrected chi connectivity index (χ4v) is 3.56. The minimum absolute atomic E-state index is 0.0844. The Balaban J connectivity index is 1.56. The van der Waals surface area contributed by atoms with Crippen molar-refractivity contribution in [2.45, 2.75) is 19.4 Å². The van der Waals surface area contributed by atoms with E-state index in [1.807, 2.05) is 17.0 Å². The van der Waals surface area contributed by atoms with Crippen molar-refractivity contribution in [3.05, 3.63) is 35.4 Å². The molecule has 3 rings (SSSR count). The Kier molecular flexibility index (Phi) is 6.04. The van der Waals surface area contributed by atoms with Crippen LogP contribution in [-0.4, -0.2) is 68.2 Å². The zero-order valence-corrected chi connectivity index (χ0v) is 14.8. The highest BCUT2D eigenvalue weighted by Gasteiger charge is 2.30. The summed E-state index contributed by atoms with van der Waals surface area (Å²) in [5, 5.41) is 0. The van der Waals surface area contributed by atoms with Gasteiger partial charge >= 0.3 is 5.97 Å². The van der Waals surface area contributed by atoms with Gasteiger partial charge < -0.3 is 14.4 Å². The zero-order chi connectivity index (χ0) is 17.6. The summed E-state index contributed by atoms with van der Waals surface area (Å²) < 4.78 is 10.1. The maximum atomic E-state index is 12.7. The molecule has 6 nitrogen and oxygen atoms in total. The summed E-state index contributed by atoms with van der Waals surface area (Å²) in [6.45, 7) is 5.33. The lowest BCUT2D eigenvalue weighted by molar-refractivity contribution is -0.141. The third kappa shape index (κ3) is 4.58. The van der Waals surface area contributed by atoms with Crippen LogP contribution >= 0.6 is 0 Å². The molecule has 0 aliphatic carbocycles. The number of morpholine rings is 1. The Morgan fingerprint density at radius 3 is 2.56 bits per heavy atom. The van der Waals surface area contributed by atoms with Crippen LogP contribution in [0.5, 0.6) is 0 Å². The quantitative estimate of drug-likeness (QED) is 0.774. The first kappa shape index (κ1) is 17.9. The number of methoxy groups -OCH3 is 1. The predicted octanol–water partition coefficient (Wildman–Crippen LogP) is 1.54. The van der Waals surface area contributed by atoms with Gasteiger partial charge in [-0.1, -0.05) is 12.1 Å². The maximum Gasteiger partial charge on any atom is 0.337 e. The highest BCUT2D eigenvalue weighted by Crippen LogP contribution is 2.21. The Labute approximate surface area is 148 Å². The van der Waals surface area contributed by atoms with E-state index in [-0.39, 0.29) is 17.8 Å². The second-order valence-corrected chi connectivity index (χ2v) is 6.70. The average molecular weight is 346 g/mol. The van der Waals surface area contributed by atoms with Gasteiger partial charge in [0.15, 0.2) is 0 Å². The number of carbonyl (C=O) groups is 2. The van der Waals surface area contributed by atoms with E-state index < -0.39 is 0 Å². The lowest BCUT2D eigenvalue weighted by atomic mass is 9.95. The van der Waals surface area contributed by atoms with Crippen LogP contribution in [0.4, 0.5) is 0 Å². The number of nitrogens with zero attached hydrogens (tertiary/aromatic N) is 2. The molecule has 0 radical (unpaired) electrons. The van der Waals surface area contributed by atoms with Gasteiger partial charge in [0.1, 0.15) is 0 Å². The number of likely N-dealkylation sites (tertiary alicyclic amines) is 1. The number of benzene rings is 1. The molecular formula is C19H26N2O4. The predicted molar refractivity (Wildman–Crippen MR) is 93.2 cm³/mol. The van der Waals surface area contributed by atoms with Gasteiger partial charge in [-0.3, -0.25) is 9.69 Å². The summed E-state index contributed by atoms with van der Waals surface area (Å²) >= 11 is 0. The molecule has 0 aromatic heterocycles. The van der Waals surface area contributed by atoms with E-state index in [0.29, 0.717) is 31.9 Å². The van der Waals surface area contributed by atoms with Crippen molar-refractivity contribution in [1.82, 2.24) is 9.80 Å².